The number of nitrogens with one attached hydrogen (secondary N) is 2. The monoisotopic (exact) mass is 441 g/mol. The van der Waals surface area contributed by atoms with Gasteiger partial charge in [-0.15, -0.1) is 0 Å². The normalized spacial score (nSPS) is 16.0. The standard InChI is InChI=1S/C25H36FN5O/c1-6-10-25(4,5)17-28-18-7-8-19(29-22(32)20-9-13-27-23(26)30-20)21(16-18)31-14-11-24(2,3)12-15-31/h7-9,13,16,28H,6,10-12,14-15,17H2,1-5H3,(H,29,32). The lowest BCUT2D eigenvalue weighted by molar-refractivity contribution is 0.102. The maximum atomic E-state index is 13.4. The first kappa shape index (κ1) is 24.0. The zero-order valence-electron chi connectivity index (χ0n) is 20.0. The molecular formula is C25H36FN5O. The number of nitrogens with zero attached hydrogens (tertiary/aromatic N) is 3. The summed E-state index contributed by atoms with van der Waals surface area (Å²) in [7, 11) is 0. The number of hydrogen-bond donors (Lipinski definition) is 2. The predicted octanol–water partition coefficient (Wildman–Crippen LogP) is 5.73. The summed E-state index contributed by atoms with van der Waals surface area (Å²) in [5.41, 5.74) is 3.23. The molecule has 3 rings (SSSR count). The smallest absolute Gasteiger partial charge is 0.309 e. The van der Waals surface area contributed by atoms with Gasteiger partial charge in [0.1, 0.15) is 5.69 Å². The molecule has 0 saturated carbocycles. The minimum atomic E-state index is -0.912. The predicted molar refractivity (Wildman–Crippen MR) is 129 cm³/mol. The molecule has 1 saturated heterocycles. The molecule has 1 aromatic heterocycles. The highest BCUT2D eigenvalue weighted by Gasteiger charge is 2.27. The first-order chi connectivity index (χ1) is 15.1. The second-order valence-corrected chi connectivity index (χ2v) is 10.3. The van der Waals surface area contributed by atoms with E-state index >= 15 is 0 Å². The molecule has 6 nitrogen and oxygen atoms in total. The number of hydrogen-bond acceptors (Lipinski definition) is 5. The van der Waals surface area contributed by atoms with E-state index in [4.69, 9.17) is 0 Å². The Kier molecular flexibility index (Phi) is 7.36. The Bertz CT molecular complexity index is 934. The van der Waals surface area contributed by atoms with E-state index in [0.29, 0.717) is 11.1 Å². The lowest BCUT2D eigenvalue weighted by Crippen LogP contribution is -2.37. The fourth-order valence-electron chi connectivity index (χ4n) is 4.12. The molecule has 32 heavy (non-hydrogen) atoms. The number of aromatic nitrogens is 2. The van der Waals surface area contributed by atoms with Gasteiger partial charge in [0.25, 0.3) is 5.91 Å². The Morgan fingerprint density at radius 1 is 1.22 bits per heavy atom. The Morgan fingerprint density at radius 3 is 2.59 bits per heavy atom. The fourth-order valence-corrected chi connectivity index (χ4v) is 4.12. The average molecular weight is 442 g/mol. The number of benzene rings is 1. The third-order valence-electron chi connectivity index (χ3n) is 6.26. The van der Waals surface area contributed by atoms with Gasteiger partial charge in [-0.1, -0.05) is 41.0 Å². The van der Waals surface area contributed by atoms with E-state index in [0.717, 1.165) is 56.7 Å². The van der Waals surface area contributed by atoms with Crippen molar-refractivity contribution in [2.24, 2.45) is 10.8 Å². The maximum absolute atomic E-state index is 13.4. The Labute approximate surface area is 191 Å². The molecule has 0 aliphatic carbocycles. The largest absolute Gasteiger partial charge is 0.384 e. The molecule has 1 fully saturated rings. The number of carbonyl (C=O) groups is 1. The SMILES string of the molecule is CCCC(C)(C)CNc1ccc(NC(=O)c2ccnc(F)n2)c(N2CCC(C)(C)CC2)c1. The van der Waals surface area contributed by atoms with Crippen LogP contribution in [0.1, 0.15) is 70.8 Å². The van der Waals surface area contributed by atoms with Crippen molar-refractivity contribution in [2.45, 2.75) is 60.3 Å². The highest BCUT2D eigenvalue weighted by molar-refractivity contribution is 6.04. The maximum Gasteiger partial charge on any atom is 0.309 e. The van der Waals surface area contributed by atoms with Crippen LogP contribution in [0.4, 0.5) is 21.5 Å². The molecule has 0 bridgehead atoms. The van der Waals surface area contributed by atoms with Crippen LogP contribution in [-0.2, 0) is 0 Å². The van der Waals surface area contributed by atoms with Gasteiger partial charge < -0.3 is 15.5 Å². The van der Waals surface area contributed by atoms with Gasteiger partial charge in [0, 0.05) is 31.5 Å². The zero-order valence-corrected chi connectivity index (χ0v) is 20.0. The second kappa shape index (κ2) is 9.84. The van der Waals surface area contributed by atoms with Gasteiger partial charge in [-0.3, -0.25) is 4.79 Å². The number of piperidine rings is 1. The van der Waals surface area contributed by atoms with Gasteiger partial charge >= 0.3 is 6.08 Å². The summed E-state index contributed by atoms with van der Waals surface area (Å²) >= 11 is 0. The molecule has 1 aliphatic heterocycles. The zero-order chi connectivity index (χ0) is 23.4. The van der Waals surface area contributed by atoms with Crippen molar-refractivity contribution in [3.05, 3.63) is 42.2 Å². The summed E-state index contributed by atoms with van der Waals surface area (Å²) in [6, 6.07) is 7.42. The third-order valence-corrected chi connectivity index (χ3v) is 6.26. The highest BCUT2D eigenvalue weighted by Crippen LogP contribution is 2.37. The summed E-state index contributed by atoms with van der Waals surface area (Å²) in [6.07, 6.45) is 4.80. The van der Waals surface area contributed by atoms with E-state index in [-0.39, 0.29) is 11.1 Å². The van der Waals surface area contributed by atoms with Gasteiger partial charge in [0.15, 0.2) is 0 Å². The molecule has 0 spiro atoms. The number of carbonyl (C=O) groups excluding carboxylic acids is 1. The first-order valence-electron chi connectivity index (χ1n) is 11.5. The second-order valence-electron chi connectivity index (χ2n) is 10.3. The van der Waals surface area contributed by atoms with Gasteiger partial charge in [-0.05, 0) is 54.4 Å². The van der Waals surface area contributed by atoms with Crippen LogP contribution in [0.3, 0.4) is 0 Å². The van der Waals surface area contributed by atoms with Crippen molar-refractivity contribution >= 4 is 23.0 Å². The van der Waals surface area contributed by atoms with E-state index in [1.54, 1.807) is 0 Å². The number of anilines is 3. The molecule has 1 aromatic carbocycles. The van der Waals surface area contributed by atoms with Crippen LogP contribution in [0, 0.1) is 16.9 Å². The van der Waals surface area contributed by atoms with Gasteiger partial charge in [-0.2, -0.15) is 9.37 Å². The molecule has 174 valence electrons. The van der Waals surface area contributed by atoms with Crippen LogP contribution >= 0.6 is 0 Å². The quantitative estimate of drug-likeness (QED) is 0.512. The minimum absolute atomic E-state index is 0.00624. The summed E-state index contributed by atoms with van der Waals surface area (Å²) in [6.45, 7) is 14.1. The Hall–Kier alpha value is -2.70. The number of halogens is 1. The van der Waals surface area contributed by atoms with Crippen molar-refractivity contribution in [2.75, 3.05) is 35.2 Å². The van der Waals surface area contributed by atoms with Crippen molar-refractivity contribution in [3.63, 3.8) is 0 Å². The van der Waals surface area contributed by atoms with E-state index < -0.39 is 12.0 Å². The van der Waals surface area contributed by atoms with Crippen LogP contribution in [0.2, 0.25) is 0 Å². The van der Waals surface area contributed by atoms with Crippen LogP contribution in [0.15, 0.2) is 30.5 Å². The van der Waals surface area contributed by atoms with E-state index in [1.807, 2.05) is 12.1 Å². The van der Waals surface area contributed by atoms with Crippen LogP contribution in [-0.4, -0.2) is 35.5 Å². The highest BCUT2D eigenvalue weighted by atomic mass is 19.1. The Morgan fingerprint density at radius 2 is 1.94 bits per heavy atom. The van der Waals surface area contributed by atoms with Gasteiger partial charge in [0.2, 0.25) is 0 Å². The van der Waals surface area contributed by atoms with Gasteiger partial charge in [0.05, 0.1) is 11.4 Å². The number of rotatable bonds is 8. The van der Waals surface area contributed by atoms with E-state index in [1.165, 1.54) is 12.3 Å². The molecular weight excluding hydrogens is 405 g/mol. The van der Waals surface area contributed by atoms with Crippen molar-refractivity contribution < 1.29 is 9.18 Å². The van der Waals surface area contributed by atoms with Crippen molar-refractivity contribution in [1.82, 2.24) is 9.97 Å². The van der Waals surface area contributed by atoms with Crippen LogP contribution in [0.5, 0.6) is 0 Å². The average Bonchev–Trinajstić information content (AvgIpc) is 2.73. The molecule has 0 unspecified atom stereocenters. The van der Waals surface area contributed by atoms with E-state index in [9.17, 15) is 9.18 Å². The molecule has 2 aromatic rings. The molecule has 7 heteroatoms. The van der Waals surface area contributed by atoms with Crippen LogP contribution < -0.4 is 15.5 Å². The molecule has 2 N–H and O–H groups in total. The summed E-state index contributed by atoms with van der Waals surface area (Å²) < 4.78 is 13.4. The molecule has 2 heterocycles. The minimum Gasteiger partial charge on any atom is -0.384 e. The third kappa shape index (κ3) is 6.40. The van der Waals surface area contributed by atoms with Crippen molar-refractivity contribution in [1.29, 1.82) is 0 Å². The topological polar surface area (TPSA) is 70.1 Å². The van der Waals surface area contributed by atoms with Crippen molar-refractivity contribution in [3.8, 4) is 0 Å². The molecule has 0 atom stereocenters. The van der Waals surface area contributed by atoms with Crippen LogP contribution in [0.25, 0.3) is 0 Å². The number of amides is 1. The van der Waals surface area contributed by atoms with Gasteiger partial charge in [-0.25, -0.2) is 4.98 Å². The molecule has 1 aliphatic rings. The fraction of sp³-hybridized carbons (Fsp3) is 0.560. The summed E-state index contributed by atoms with van der Waals surface area (Å²) in [4.78, 5) is 22.1. The lowest BCUT2D eigenvalue weighted by Gasteiger charge is -2.39. The summed E-state index contributed by atoms with van der Waals surface area (Å²) in [5, 5.41) is 6.50. The Balaban J connectivity index is 1.84. The molecule has 0 radical (unpaired) electrons. The molecule has 1 amide bonds. The first-order valence-corrected chi connectivity index (χ1v) is 11.5. The summed E-state index contributed by atoms with van der Waals surface area (Å²) in [5.74, 6) is -0.449. The lowest BCUT2D eigenvalue weighted by atomic mass is 9.82. The van der Waals surface area contributed by atoms with E-state index in [2.05, 4.69) is 66.2 Å².